The van der Waals surface area contributed by atoms with Gasteiger partial charge in [-0.1, -0.05) is 44.4 Å². The van der Waals surface area contributed by atoms with Gasteiger partial charge < -0.3 is 16.5 Å². The number of hydrogen-bond acceptors (Lipinski definition) is 4. The number of rotatable bonds is 11. The van der Waals surface area contributed by atoms with E-state index in [1.807, 2.05) is 6.07 Å². The lowest BCUT2D eigenvalue weighted by Gasteiger charge is -2.36. The molecule has 1 aromatic carbocycles. The van der Waals surface area contributed by atoms with Gasteiger partial charge in [-0.15, -0.1) is 0 Å². The van der Waals surface area contributed by atoms with E-state index >= 15 is 0 Å². The molecule has 1 aromatic rings. The van der Waals surface area contributed by atoms with Crippen LogP contribution < -0.4 is 16.5 Å². The maximum absolute atomic E-state index is 5.78. The standard InChI is InChI=1S/C16H30N4/c1-2-3-4-8-13-19(14-11-17)20(15-12-18)16-9-6-5-7-10-16/h5-7,9-10H,2-4,8,11-15,17-18H2,1H3. The lowest BCUT2D eigenvalue weighted by atomic mass is 10.2. The topological polar surface area (TPSA) is 58.5 Å². The smallest absolute Gasteiger partial charge is 0.0522 e. The number of benzene rings is 1. The van der Waals surface area contributed by atoms with E-state index in [0.29, 0.717) is 13.1 Å². The lowest BCUT2D eigenvalue weighted by Crippen LogP contribution is -2.48. The molecule has 4 nitrogen and oxygen atoms in total. The highest BCUT2D eigenvalue weighted by Gasteiger charge is 2.14. The summed E-state index contributed by atoms with van der Waals surface area (Å²) in [6.07, 6.45) is 5.06. The Bertz CT molecular complexity index is 329. The van der Waals surface area contributed by atoms with Gasteiger partial charge in [0.25, 0.3) is 0 Å². The van der Waals surface area contributed by atoms with Crippen LogP contribution in [-0.2, 0) is 0 Å². The van der Waals surface area contributed by atoms with Gasteiger partial charge in [0.1, 0.15) is 0 Å². The summed E-state index contributed by atoms with van der Waals surface area (Å²) in [6.45, 7) is 6.31. The molecule has 0 aliphatic heterocycles. The number of unbranched alkanes of at least 4 members (excludes halogenated alkanes) is 3. The Labute approximate surface area is 123 Å². The molecule has 0 saturated carbocycles. The Hall–Kier alpha value is -1.10. The summed E-state index contributed by atoms with van der Waals surface area (Å²) in [6, 6.07) is 10.4. The van der Waals surface area contributed by atoms with Crippen molar-refractivity contribution >= 4 is 5.69 Å². The molecule has 20 heavy (non-hydrogen) atoms. The van der Waals surface area contributed by atoms with Crippen molar-refractivity contribution in [3.8, 4) is 0 Å². The largest absolute Gasteiger partial charge is 0.329 e. The maximum Gasteiger partial charge on any atom is 0.0522 e. The van der Waals surface area contributed by atoms with Crippen molar-refractivity contribution in [3.05, 3.63) is 30.3 Å². The van der Waals surface area contributed by atoms with E-state index < -0.39 is 0 Å². The van der Waals surface area contributed by atoms with Gasteiger partial charge in [-0.25, -0.2) is 5.01 Å². The summed E-state index contributed by atoms with van der Waals surface area (Å²) < 4.78 is 0. The summed E-state index contributed by atoms with van der Waals surface area (Å²) >= 11 is 0. The van der Waals surface area contributed by atoms with Gasteiger partial charge in [0.05, 0.1) is 5.69 Å². The van der Waals surface area contributed by atoms with Crippen LogP contribution in [0.25, 0.3) is 0 Å². The van der Waals surface area contributed by atoms with Crippen LogP contribution in [0.3, 0.4) is 0 Å². The fourth-order valence-electron chi connectivity index (χ4n) is 2.38. The molecule has 0 unspecified atom stereocenters. The van der Waals surface area contributed by atoms with Crippen LogP contribution in [0.15, 0.2) is 30.3 Å². The SMILES string of the molecule is CCCCCCN(CCN)N(CCN)c1ccccc1. The number of para-hydroxylation sites is 1. The Balaban J connectivity index is 2.67. The van der Waals surface area contributed by atoms with Gasteiger partial charge in [0, 0.05) is 32.7 Å². The average molecular weight is 278 g/mol. The molecule has 0 aromatic heterocycles. The highest BCUT2D eigenvalue weighted by Crippen LogP contribution is 2.16. The second-order valence-corrected chi connectivity index (χ2v) is 5.05. The van der Waals surface area contributed by atoms with Crippen LogP contribution in [0.5, 0.6) is 0 Å². The zero-order valence-electron chi connectivity index (χ0n) is 12.8. The normalized spacial score (nSPS) is 11.0. The first-order chi connectivity index (χ1) is 9.83. The molecule has 114 valence electrons. The van der Waals surface area contributed by atoms with E-state index in [0.717, 1.165) is 19.6 Å². The molecule has 0 radical (unpaired) electrons. The van der Waals surface area contributed by atoms with Crippen molar-refractivity contribution in [3.63, 3.8) is 0 Å². The molecule has 0 aliphatic carbocycles. The van der Waals surface area contributed by atoms with Crippen molar-refractivity contribution in [1.82, 2.24) is 5.01 Å². The summed E-state index contributed by atoms with van der Waals surface area (Å²) in [4.78, 5) is 0. The third-order valence-corrected chi connectivity index (χ3v) is 3.39. The maximum atomic E-state index is 5.78. The Kier molecular flexibility index (Phi) is 9.04. The average Bonchev–Trinajstić information content (AvgIpc) is 2.49. The van der Waals surface area contributed by atoms with Crippen LogP contribution in [-0.4, -0.2) is 37.7 Å². The zero-order valence-corrected chi connectivity index (χ0v) is 12.8. The van der Waals surface area contributed by atoms with Gasteiger partial charge in [0.2, 0.25) is 0 Å². The van der Waals surface area contributed by atoms with E-state index in [1.165, 1.54) is 31.4 Å². The summed E-state index contributed by atoms with van der Waals surface area (Å²) in [5, 5.41) is 4.62. The van der Waals surface area contributed by atoms with Crippen molar-refractivity contribution in [2.45, 2.75) is 32.6 Å². The fourth-order valence-corrected chi connectivity index (χ4v) is 2.38. The molecule has 0 spiro atoms. The monoisotopic (exact) mass is 278 g/mol. The molecule has 0 bridgehead atoms. The Morgan fingerprint density at radius 1 is 0.850 bits per heavy atom. The molecule has 4 N–H and O–H groups in total. The molecular formula is C16H30N4. The minimum absolute atomic E-state index is 0.644. The molecular weight excluding hydrogens is 248 g/mol. The number of anilines is 1. The fraction of sp³-hybridized carbons (Fsp3) is 0.625. The predicted molar refractivity (Wildman–Crippen MR) is 87.6 cm³/mol. The summed E-state index contributed by atoms with van der Waals surface area (Å²) in [5.41, 5.74) is 12.7. The minimum atomic E-state index is 0.644. The Morgan fingerprint density at radius 2 is 1.55 bits per heavy atom. The van der Waals surface area contributed by atoms with E-state index in [-0.39, 0.29) is 0 Å². The van der Waals surface area contributed by atoms with Crippen molar-refractivity contribution in [1.29, 1.82) is 0 Å². The summed E-state index contributed by atoms with van der Waals surface area (Å²) in [5.74, 6) is 0. The number of nitrogens with two attached hydrogens (primary N) is 2. The predicted octanol–water partition coefficient (Wildman–Crippen LogP) is 2.21. The van der Waals surface area contributed by atoms with Crippen molar-refractivity contribution in [2.75, 3.05) is 37.7 Å². The highest BCUT2D eigenvalue weighted by molar-refractivity contribution is 5.44. The molecule has 0 amide bonds. The third kappa shape index (κ3) is 5.90. The molecule has 0 aliphatic rings. The Morgan fingerprint density at radius 3 is 2.15 bits per heavy atom. The van der Waals surface area contributed by atoms with Crippen LogP contribution in [0.2, 0.25) is 0 Å². The van der Waals surface area contributed by atoms with E-state index in [1.54, 1.807) is 0 Å². The van der Waals surface area contributed by atoms with Gasteiger partial charge in [-0.3, -0.25) is 0 Å². The van der Waals surface area contributed by atoms with E-state index in [4.69, 9.17) is 11.5 Å². The number of hydrogen-bond donors (Lipinski definition) is 2. The zero-order chi connectivity index (χ0) is 14.6. The molecule has 0 saturated heterocycles. The van der Waals surface area contributed by atoms with Crippen LogP contribution >= 0.6 is 0 Å². The second-order valence-electron chi connectivity index (χ2n) is 5.05. The number of hydrazine groups is 1. The first kappa shape index (κ1) is 17.0. The summed E-state index contributed by atoms with van der Waals surface area (Å²) in [7, 11) is 0. The van der Waals surface area contributed by atoms with Crippen molar-refractivity contribution in [2.24, 2.45) is 11.5 Å². The van der Waals surface area contributed by atoms with E-state index in [9.17, 15) is 0 Å². The quantitative estimate of drug-likeness (QED) is 0.481. The van der Waals surface area contributed by atoms with Gasteiger partial charge in [-0.2, -0.15) is 0 Å². The molecule has 0 atom stereocenters. The highest BCUT2D eigenvalue weighted by atomic mass is 15.6. The van der Waals surface area contributed by atoms with Gasteiger partial charge in [0.15, 0.2) is 0 Å². The minimum Gasteiger partial charge on any atom is -0.329 e. The second kappa shape index (κ2) is 10.7. The molecule has 4 heteroatoms. The number of nitrogens with zero attached hydrogens (tertiary/aromatic N) is 2. The molecule has 0 fully saturated rings. The van der Waals surface area contributed by atoms with Crippen LogP contribution in [0.1, 0.15) is 32.6 Å². The molecule has 0 heterocycles. The van der Waals surface area contributed by atoms with Gasteiger partial charge in [-0.05, 0) is 18.6 Å². The first-order valence-corrected chi connectivity index (χ1v) is 7.81. The van der Waals surface area contributed by atoms with Crippen LogP contribution in [0.4, 0.5) is 5.69 Å². The van der Waals surface area contributed by atoms with Crippen molar-refractivity contribution < 1.29 is 0 Å². The molecule has 1 rings (SSSR count). The lowest BCUT2D eigenvalue weighted by molar-refractivity contribution is 0.251. The third-order valence-electron chi connectivity index (χ3n) is 3.39. The van der Waals surface area contributed by atoms with Crippen LogP contribution in [0, 0.1) is 0 Å². The van der Waals surface area contributed by atoms with Gasteiger partial charge >= 0.3 is 0 Å². The first-order valence-electron chi connectivity index (χ1n) is 7.81. The van der Waals surface area contributed by atoms with E-state index in [2.05, 4.69) is 41.2 Å².